The van der Waals surface area contributed by atoms with Gasteiger partial charge in [0, 0.05) is 36.6 Å². The van der Waals surface area contributed by atoms with E-state index in [4.69, 9.17) is 0 Å². The molecule has 0 aliphatic carbocycles. The number of amides is 1. The van der Waals surface area contributed by atoms with Crippen molar-refractivity contribution in [1.82, 2.24) is 5.32 Å². The van der Waals surface area contributed by atoms with Gasteiger partial charge in [-0.3, -0.25) is 4.79 Å². The van der Waals surface area contributed by atoms with E-state index in [0.717, 1.165) is 31.5 Å². The molecular weight excluding hydrogens is 324 g/mol. The predicted molar refractivity (Wildman–Crippen MR) is 94.1 cm³/mol. The third-order valence-corrected chi connectivity index (χ3v) is 5.32. The van der Waals surface area contributed by atoms with E-state index in [1.807, 2.05) is 18.2 Å². The van der Waals surface area contributed by atoms with Crippen molar-refractivity contribution in [3.05, 3.63) is 60.2 Å². The number of anilines is 1. The largest absolute Gasteiger partial charge is 0.369 e. The van der Waals surface area contributed by atoms with Gasteiger partial charge in [-0.15, -0.1) is 0 Å². The topological polar surface area (TPSA) is 66.5 Å². The maximum Gasteiger partial charge on any atom is 0.251 e. The fraction of sp³-hybridized carbons (Fsp3) is 0.278. The summed E-state index contributed by atoms with van der Waals surface area (Å²) in [6.45, 7) is 1.68. The molecule has 1 N–H and O–H groups in total. The Labute approximate surface area is 142 Å². The maximum atomic E-state index is 12.3. The van der Waals surface area contributed by atoms with Gasteiger partial charge in [-0.2, -0.15) is 0 Å². The molecule has 5 nitrogen and oxygen atoms in total. The van der Waals surface area contributed by atoms with Crippen LogP contribution in [-0.4, -0.2) is 39.7 Å². The highest BCUT2D eigenvalue weighted by atomic mass is 32.2. The molecule has 0 unspecified atom stereocenters. The van der Waals surface area contributed by atoms with Gasteiger partial charge >= 0.3 is 0 Å². The lowest BCUT2D eigenvalue weighted by molar-refractivity contribution is 0.0940. The van der Waals surface area contributed by atoms with E-state index in [2.05, 4.69) is 22.3 Å². The number of carbonyl (C=O) groups is 1. The summed E-state index contributed by atoms with van der Waals surface area (Å²) in [6, 6.07) is 16.2. The lowest BCUT2D eigenvalue weighted by Gasteiger charge is -2.19. The number of carbonyl (C=O) groups excluding carboxylic acids is 1. The second-order valence-electron chi connectivity index (χ2n) is 6.04. The van der Waals surface area contributed by atoms with Crippen molar-refractivity contribution in [2.24, 2.45) is 0 Å². The maximum absolute atomic E-state index is 12.3. The second-order valence-corrected chi connectivity index (χ2v) is 8.05. The molecule has 1 saturated heterocycles. The molecule has 0 saturated carbocycles. The summed E-state index contributed by atoms with van der Waals surface area (Å²) >= 11 is 0. The number of sulfone groups is 1. The lowest BCUT2D eigenvalue weighted by atomic mass is 10.2. The summed E-state index contributed by atoms with van der Waals surface area (Å²) in [6.07, 6.45) is 2.04. The molecule has 24 heavy (non-hydrogen) atoms. The number of hydrogen-bond acceptors (Lipinski definition) is 4. The summed E-state index contributed by atoms with van der Waals surface area (Å²) in [7, 11) is -3.24. The fourth-order valence-electron chi connectivity index (χ4n) is 2.87. The van der Waals surface area contributed by atoms with Crippen molar-refractivity contribution in [2.45, 2.75) is 17.4 Å². The van der Waals surface area contributed by atoms with Gasteiger partial charge in [0.05, 0.1) is 4.90 Å². The molecule has 1 aliphatic rings. The van der Waals surface area contributed by atoms with Crippen molar-refractivity contribution < 1.29 is 13.2 Å². The van der Waals surface area contributed by atoms with E-state index in [1.165, 1.54) is 12.1 Å². The number of nitrogens with zero attached hydrogens (tertiary/aromatic N) is 1. The Morgan fingerprint density at radius 3 is 2.38 bits per heavy atom. The summed E-state index contributed by atoms with van der Waals surface area (Å²) in [5.74, 6) is -0.171. The zero-order valence-corrected chi connectivity index (χ0v) is 14.3. The standard InChI is InChI=1S/C18H20N2O3S/c1-24(22,23)17-9-7-14(8-10-17)18(21)19-15-11-12-20(13-15)16-5-3-2-4-6-16/h2-10,15H,11-13H2,1H3,(H,19,21)/t15-/m1/s1. The van der Waals surface area contributed by atoms with Gasteiger partial charge in [0.2, 0.25) is 0 Å². The molecule has 0 aromatic heterocycles. The third kappa shape index (κ3) is 3.76. The molecule has 0 bridgehead atoms. The Bertz CT molecular complexity index is 817. The van der Waals surface area contributed by atoms with Crippen LogP contribution in [0.5, 0.6) is 0 Å². The summed E-state index contributed by atoms with van der Waals surface area (Å²) < 4.78 is 22.9. The van der Waals surface area contributed by atoms with E-state index in [-0.39, 0.29) is 16.8 Å². The first-order chi connectivity index (χ1) is 11.4. The average Bonchev–Trinajstić information content (AvgIpc) is 3.03. The predicted octanol–water partition coefficient (Wildman–Crippen LogP) is 2.10. The van der Waals surface area contributed by atoms with Crippen molar-refractivity contribution >= 4 is 21.4 Å². The Balaban J connectivity index is 1.62. The number of hydrogen-bond donors (Lipinski definition) is 1. The van der Waals surface area contributed by atoms with Crippen molar-refractivity contribution in [3.8, 4) is 0 Å². The third-order valence-electron chi connectivity index (χ3n) is 4.19. The second kappa shape index (κ2) is 6.65. The van der Waals surface area contributed by atoms with Crippen LogP contribution in [0.3, 0.4) is 0 Å². The number of benzene rings is 2. The van der Waals surface area contributed by atoms with E-state index in [9.17, 15) is 13.2 Å². The zero-order chi connectivity index (χ0) is 17.2. The Morgan fingerprint density at radius 1 is 1.08 bits per heavy atom. The fourth-order valence-corrected chi connectivity index (χ4v) is 3.50. The first-order valence-corrected chi connectivity index (χ1v) is 9.73. The molecule has 1 atom stereocenters. The minimum Gasteiger partial charge on any atom is -0.369 e. The van der Waals surface area contributed by atoms with Gasteiger partial charge in [-0.05, 0) is 42.8 Å². The molecule has 3 rings (SSSR count). The Kier molecular flexibility index (Phi) is 4.57. The van der Waals surface area contributed by atoms with Crippen LogP contribution in [0.2, 0.25) is 0 Å². The molecule has 2 aromatic rings. The molecule has 6 heteroatoms. The van der Waals surface area contributed by atoms with Crippen LogP contribution in [0.25, 0.3) is 0 Å². The molecule has 1 heterocycles. The summed E-state index contributed by atoms with van der Waals surface area (Å²) in [4.78, 5) is 14.8. The monoisotopic (exact) mass is 344 g/mol. The average molecular weight is 344 g/mol. The molecule has 0 radical (unpaired) electrons. The molecule has 1 fully saturated rings. The molecule has 0 spiro atoms. The Hall–Kier alpha value is -2.34. The molecule has 1 aliphatic heterocycles. The van der Waals surface area contributed by atoms with E-state index in [1.54, 1.807) is 12.1 Å². The van der Waals surface area contributed by atoms with Gasteiger partial charge < -0.3 is 10.2 Å². The number of rotatable bonds is 4. The van der Waals surface area contributed by atoms with Crippen LogP contribution in [0, 0.1) is 0 Å². The van der Waals surface area contributed by atoms with Gasteiger partial charge in [-0.1, -0.05) is 18.2 Å². The van der Waals surface area contributed by atoms with Crippen LogP contribution in [0.15, 0.2) is 59.5 Å². The number of nitrogens with one attached hydrogen (secondary N) is 1. The summed E-state index contributed by atoms with van der Waals surface area (Å²) in [5.41, 5.74) is 1.63. The van der Waals surface area contributed by atoms with E-state index < -0.39 is 9.84 Å². The normalized spacial score (nSPS) is 17.7. The first-order valence-electron chi connectivity index (χ1n) is 7.84. The SMILES string of the molecule is CS(=O)(=O)c1ccc(C(=O)N[C@@H]2CCN(c3ccccc3)C2)cc1. The van der Waals surface area contributed by atoms with Gasteiger partial charge in [0.15, 0.2) is 9.84 Å². The molecule has 126 valence electrons. The van der Waals surface area contributed by atoms with Gasteiger partial charge in [0.1, 0.15) is 0 Å². The van der Waals surface area contributed by atoms with Crippen LogP contribution in [0.4, 0.5) is 5.69 Å². The Morgan fingerprint density at radius 2 is 1.75 bits per heavy atom. The highest BCUT2D eigenvalue weighted by Gasteiger charge is 2.24. The molecule has 1 amide bonds. The highest BCUT2D eigenvalue weighted by Crippen LogP contribution is 2.20. The van der Waals surface area contributed by atoms with Crippen LogP contribution in [-0.2, 0) is 9.84 Å². The van der Waals surface area contributed by atoms with Crippen LogP contribution < -0.4 is 10.2 Å². The molecule has 2 aromatic carbocycles. The van der Waals surface area contributed by atoms with E-state index >= 15 is 0 Å². The lowest BCUT2D eigenvalue weighted by Crippen LogP contribution is -2.37. The minimum absolute atomic E-state index is 0.0901. The van der Waals surface area contributed by atoms with Gasteiger partial charge in [-0.25, -0.2) is 8.42 Å². The van der Waals surface area contributed by atoms with Crippen LogP contribution >= 0.6 is 0 Å². The highest BCUT2D eigenvalue weighted by molar-refractivity contribution is 7.90. The summed E-state index contributed by atoms with van der Waals surface area (Å²) in [5, 5.41) is 3.02. The quantitative estimate of drug-likeness (QED) is 0.922. The van der Waals surface area contributed by atoms with Crippen molar-refractivity contribution in [2.75, 3.05) is 24.2 Å². The first kappa shape index (κ1) is 16.5. The number of para-hydroxylation sites is 1. The molecular formula is C18H20N2O3S. The van der Waals surface area contributed by atoms with E-state index in [0.29, 0.717) is 5.56 Å². The van der Waals surface area contributed by atoms with Crippen molar-refractivity contribution in [3.63, 3.8) is 0 Å². The smallest absolute Gasteiger partial charge is 0.251 e. The zero-order valence-electron chi connectivity index (χ0n) is 13.5. The van der Waals surface area contributed by atoms with Gasteiger partial charge in [0.25, 0.3) is 5.91 Å². The van der Waals surface area contributed by atoms with Crippen LogP contribution in [0.1, 0.15) is 16.8 Å². The minimum atomic E-state index is -3.24. The van der Waals surface area contributed by atoms with Crippen molar-refractivity contribution in [1.29, 1.82) is 0 Å².